The van der Waals surface area contributed by atoms with Crippen molar-refractivity contribution in [3.05, 3.63) is 0 Å². The molecule has 0 radical (unpaired) electrons. The molecule has 0 aromatic heterocycles. The molecule has 1 unspecified atom stereocenters. The van der Waals surface area contributed by atoms with Crippen LogP contribution in [-0.2, 0) is 23.9 Å². The fraction of sp³-hybridized carbons (Fsp3) is 0.500. The number of esters is 3. The van der Waals surface area contributed by atoms with Crippen LogP contribution in [0, 0.1) is 5.41 Å². The number of aliphatic hydroxyl groups is 1. The Hall–Kier alpha value is -0.300. The van der Waals surface area contributed by atoms with E-state index in [0.29, 0.717) is 0 Å². The summed E-state index contributed by atoms with van der Waals surface area (Å²) in [6.07, 6.45) is -2.22. The molecule has 0 aromatic carbocycles. The van der Waals surface area contributed by atoms with Crippen molar-refractivity contribution in [1.29, 1.82) is 5.41 Å². The molecule has 0 aliphatic heterocycles. The van der Waals surface area contributed by atoms with Gasteiger partial charge in [-0.3, -0.25) is 15.0 Å². The Labute approximate surface area is 124 Å². The molecule has 0 saturated carbocycles. The van der Waals surface area contributed by atoms with E-state index >= 15 is 0 Å². The van der Waals surface area contributed by atoms with Gasteiger partial charge in [0.25, 0.3) is 0 Å². The van der Waals surface area contributed by atoms with Crippen LogP contribution in [-0.4, -0.2) is 43.9 Å². The largest absolute Gasteiger partial charge is 0.411 e. The third kappa shape index (κ3) is 7.59. The average molecular weight is 469 g/mol. The maximum atomic E-state index is 11.1. The number of ether oxygens (including phenoxy) is 2. The third-order valence-electron chi connectivity index (χ3n) is 1.32. The molecule has 0 saturated heterocycles. The molecule has 7 nitrogen and oxygen atoms in total. The second kappa shape index (κ2) is 8.74. The first-order valence-corrected chi connectivity index (χ1v) is 7.28. The highest BCUT2D eigenvalue weighted by atomic mass is 127. The van der Waals surface area contributed by atoms with Gasteiger partial charge in [-0.25, -0.2) is 4.79 Å². The third-order valence-corrected chi connectivity index (χ3v) is 2.57. The van der Waals surface area contributed by atoms with Crippen molar-refractivity contribution in [3.8, 4) is 0 Å². The maximum Gasteiger partial charge on any atom is 0.343 e. The second-order valence-electron chi connectivity index (χ2n) is 2.68. The van der Waals surface area contributed by atoms with Gasteiger partial charge in [-0.1, -0.05) is 45.2 Å². The molecule has 0 bridgehead atoms. The van der Waals surface area contributed by atoms with Crippen LogP contribution in [0.25, 0.3) is 0 Å². The van der Waals surface area contributed by atoms with Gasteiger partial charge in [0.1, 0.15) is 0 Å². The predicted molar refractivity (Wildman–Crippen MR) is 73.3 cm³/mol. The fourth-order valence-corrected chi connectivity index (χ4v) is 0.984. The van der Waals surface area contributed by atoms with E-state index in [0.717, 1.165) is 0 Å². The smallest absolute Gasteiger partial charge is 0.343 e. The number of aliphatic hydroxyl groups excluding tert-OH is 1. The van der Waals surface area contributed by atoms with Gasteiger partial charge in [0.2, 0.25) is 0 Å². The molecule has 96 valence electrons. The topological polar surface area (TPSA) is 114 Å². The molecule has 0 aromatic rings. The van der Waals surface area contributed by atoms with Gasteiger partial charge in [-0.05, 0) is 0 Å². The van der Waals surface area contributed by atoms with Gasteiger partial charge in [0.15, 0.2) is 12.0 Å². The van der Waals surface area contributed by atoms with Crippen molar-refractivity contribution in [2.75, 3.05) is 8.86 Å². The van der Waals surface area contributed by atoms with Gasteiger partial charge in [-0.15, -0.1) is 0 Å². The molecule has 17 heavy (non-hydrogen) atoms. The quantitative estimate of drug-likeness (QED) is 0.149. The lowest BCUT2D eigenvalue weighted by Crippen LogP contribution is -2.29. The van der Waals surface area contributed by atoms with E-state index in [9.17, 15) is 19.5 Å². The summed E-state index contributed by atoms with van der Waals surface area (Å²) in [5.41, 5.74) is 0. The highest BCUT2D eigenvalue weighted by Crippen LogP contribution is 2.01. The van der Waals surface area contributed by atoms with Crippen molar-refractivity contribution in [2.45, 2.75) is 12.5 Å². The fourth-order valence-electron chi connectivity index (χ4n) is 0.673. The number of nitrogens with one attached hydrogen (secondary N) is 1. The van der Waals surface area contributed by atoms with Crippen LogP contribution in [0.4, 0.5) is 0 Å². The van der Waals surface area contributed by atoms with Gasteiger partial charge in [0.05, 0.1) is 15.3 Å². The summed E-state index contributed by atoms with van der Waals surface area (Å²) in [6.45, 7) is 0. The van der Waals surface area contributed by atoms with E-state index in [1.165, 1.54) is 0 Å². The van der Waals surface area contributed by atoms with Gasteiger partial charge < -0.3 is 14.6 Å². The van der Waals surface area contributed by atoms with Crippen LogP contribution in [0.2, 0.25) is 0 Å². The molecule has 2 N–H and O–H groups in total. The van der Waals surface area contributed by atoms with E-state index < -0.39 is 36.3 Å². The van der Waals surface area contributed by atoms with E-state index in [1.54, 1.807) is 45.2 Å². The summed E-state index contributed by atoms with van der Waals surface area (Å²) in [7, 11) is 0. The van der Waals surface area contributed by atoms with E-state index in [-0.39, 0.29) is 8.86 Å². The highest BCUT2D eigenvalue weighted by molar-refractivity contribution is 14.1. The Balaban J connectivity index is 4.11. The van der Waals surface area contributed by atoms with Crippen LogP contribution < -0.4 is 0 Å². The summed E-state index contributed by atoms with van der Waals surface area (Å²) in [5, 5.41) is 16.4. The molecule has 0 rings (SSSR count). The van der Waals surface area contributed by atoms with E-state index in [2.05, 4.69) is 9.47 Å². The minimum Gasteiger partial charge on any atom is -0.411 e. The summed E-state index contributed by atoms with van der Waals surface area (Å²) in [5.74, 6) is -3.16. The summed E-state index contributed by atoms with van der Waals surface area (Å²) < 4.78 is 8.67. The number of halogens is 2. The van der Waals surface area contributed by atoms with Crippen molar-refractivity contribution in [3.63, 3.8) is 0 Å². The molecular weight excluding hydrogens is 460 g/mol. The first kappa shape index (κ1) is 16.7. The molecule has 0 fully saturated rings. The minimum absolute atomic E-state index is 0.0303. The molecule has 9 heteroatoms. The second-order valence-corrected chi connectivity index (χ2v) is 4.20. The highest BCUT2D eigenvalue weighted by Gasteiger charge is 2.22. The first-order valence-electron chi connectivity index (χ1n) is 4.23. The first-order chi connectivity index (χ1) is 7.90. The van der Waals surface area contributed by atoms with Crippen LogP contribution in [0.5, 0.6) is 0 Å². The number of carbonyl (C=O) groups excluding carboxylic acids is 3. The normalized spacial score (nSPS) is 11.5. The van der Waals surface area contributed by atoms with Crippen molar-refractivity contribution in [2.24, 2.45) is 0 Å². The predicted octanol–water partition coefficient (Wildman–Crippen LogP) is 0.198. The lowest BCUT2D eigenvalue weighted by Gasteiger charge is -2.09. The summed E-state index contributed by atoms with van der Waals surface area (Å²) >= 11 is 3.44. The lowest BCUT2D eigenvalue weighted by molar-refractivity contribution is -0.164. The van der Waals surface area contributed by atoms with Gasteiger partial charge in [-0.2, -0.15) is 0 Å². The number of hydrogen-bond acceptors (Lipinski definition) is 7. The lowest BCUT2D eigenvalue weighted by atomic mass is 10.2. The summed E-state index contributed by atoms with van der Waals surface area (Å²) in [6, 6.07) is 0. The summed E-state index contributed by atoms with van der Waals surface area (Å²) in [4.78, 5) is 32.6. The molecule has 0 spiro atoms. The maximum absolute atomic E-state index is 11.1. The van der Waals surface area contributed by atoms with Crippen molar-refractivity contribution >= 4 is 69.0 Å². The van der Waals surface area contributed by atoms with Crippen molar-refractivity contribution in [1.82, 2.24) is 0 Å². The standard InChI is InChI=1S/C8H9I2NO6/c9-2-6(13)16-5(11)1-4(12)8(15)17-7(14)3-10/h4,11-12H,1-3H2. The Morgan fingerprint density at radius 3 is 2.06 bits per heavy atom. The molecule has 0 heterocycles. The Morgan fingerprint density at radius 2 is 1.59 bits per heavy atom. The van der Waals surface area contributed by atoms with Crippen molar-refractivity contribution < 1.29 is 29.0 Å². The zero-order chi connectivity index (χ0) is 13.4. The SMILES string of the molecule is N=C(CC(O)C(=O)OC(=O)CI)OC(=O)CI. The number of carbonyl (C=O) groups is 3. The Morgan fingerprint density at radius 1 is 1.12 bits per heavy atom. The van der Waals surface area contributed by atoms with E-state index in [4.69, 9.17) is 5.41 Å². The molecule has 0 aliphatic rings. The number of rotatable bonds is 5. The van der Waals surface area contributed by atoms with Crippen LogP contribution in [0.1, 0.15) is 6.42 Å². The van der Waals surface area contributed by atoms with E-state index in [1.807, 2.05) is 0 Å². The molecule has 0 aliphatic carbocycles. The van der Waals surface area contributed by atoms with Crippen LogP contribution in [0.3, 0.4) is 0 Å². The van der Waals surface area contributed by atoms with Gasteiger partial charge >= 0.3 is 17.9 Å². The molecular formula is C8H9I2NO6. The van der Waals surface area contributed by atoms with Crippen LogP contribution >= 0.6 is 45.2 Å². The van der Waals surface area contributed by atoms with Gasteiger partial charge in [0, 0.05) is 0 Å². The zero-order valence-corrected chi connectivity index (χ0v) is 12.8. The number of hydrogen-bond donors (Lipinski definition) is 2. The van der Waals surface area contributed by atoms with Crippen LogP contribution in [0.15, 0.2) is 0 Å². The molecule has 1 atom stereocenters. The number of alkyl halides is 2. The monoisotopic (exact) mass is 469 g/mol. The Kier molecular flexibility index (Phi) is 8.59. The minimum atomic E-state index is -1.70. The average Bonchev–Trinajstić information content (AvgIpc) is 2.28. The zero-order valence-electron chi connectivity index (χ0n) is 8.44. The molecule has 0 amide bonds. The Bertz CT molecular complexity index is 332.